The van der Waals surface area contributed by atoms with E-state index in [0.717, 1.165) is 68.6 Å². The van der Waals surface area contributed by atoms with Crippen LogP contribution in [0, 0.1) is 5.92 Å². The Morgan fingerprint density at radius 3 is 2.08 bits per heavy atom. The summed E-state index contributed by atoms with van der Waals surface area (Å²) in [5, 5.41) is 30.6. The number of anilines is 1. The number of carbonyl (C=O) groups excluding carboxylic acids is 2. The topological polar surface area (TPSA) is 286 Å². The minimum Gasteiger partial charge on any atom is -0.462 e. The third-order valence-electron chi connectivity index (χ3n) is 9.90. The molecule has 370 valence electrons. The average Bonchev–Trinajstić information content (AvgIpc) is 3.51. The van der Waals surface area contributed by atoms with Gasteiger partial charge in [0.1, 0.15) is 30.7 Å². The largest absolute Gasteiger partial charge is 0.481 e. The van der Waals surface area contributed by atoms with E-state index in [0.29, 0.717) is 38.0 Å². The monoisotopic (exact) mass is 961 g/mol. The van der Waals surface area contributed by atoms with Gasteiger partial charge in [-0.25, -0.2) is 13.9 Å². The van der Waals surface area contributed by atoms with Crippen molar-refractivity contribution in [2.24, 2.45) is 5.92 Å². The van der Waals surface area contributed by atoms with Gasteiger partial charge in [0.15, 0.2) is 12.3 Å². The summed E-state index contributed by atoms with van der Waals surface area (Å²) in [4.78, 5) is 61.5. The fourth-order valence-electron chi connectivity index (χ4n) is 6.39. The van der Waals surface area contributed by atoms with Crippen LogP contribution < -0.4 is 11.4 Å². The van der Waals surface area contributed by atoms with Crippen LogP contribution in [0.5, 0.6) is 0 Å². The standard InChI is InChI=1S/C44H73N3O16P2/c1-4-24-35(48)26-21-17-12-10-8-6-5-7-9-11-13-19-23-28-40(50)61-36(31-58-39(49)27-22-18-15-14-16-20-25-34(2)3)32-59-64(54,55)63-65(56,57)60-33-37-41(51)42(52)43(62-37)47-30-29-38(45)46-44(47)53/h5,7-8,10-11,13,17,21,29-30,34-37,41-43,48,51-52H,4,6,9,12,14-16,18-20,22-28,31-33H2,1-3H3,(H,54,55)(H,56,57)(H2,45,46,53)/b7-5-,10-8-,13-11-,21-17-/t35?,36-,37-,41-,42-,43-/m1/s1. The smallest absolute Gasteiger partial charge is 0.462 e. The van der Waals surface area contributed by atoms with E-state index in [4.69, 9.17) is 29.0 Å². The number of aliphatic hydroxyl groups excluding tert-OH is 3. The van der Waals surface area contributed by atoms with Crippen LogP contribution in [-0.2, 0) is 46.3 Å². The average molecular weight is 962 g/mol. The van der Waals surface area contributed by atoms with Crippen LogP contribution in [0.25, 0.3) is 0 Å². The van der Waals surface area contributed by atoms with Crippen molar-refractivity contribution in [1.82, 2.24) is 9.55 Å². The van der Waals surface area contributed by atoms with Crippen molar-refractivity contribution in [1.29, 1.82) is 0 Å². The van der Waals surface area contributed by atoms with Crippen molar-refractivity contribution in [3.63, 3.8) is 0 Å². The zero-order valence-electron chi connectivity index (χ0n) is 38.1. The second kappa shape index (κ2) is 32.4. The lowest BCUT2D eigenvalue weighted by molar-refractivity contribution is -0.161. The predicted molar refractivity (Wildman–Crippen MR) is 244 cm³/mol. The van der Waals surface area contributed by atoms with Gasteiger partial charge >= 0.3 is 33.3 Å². The van der Waals surface area contributed by atoms with Gasteiger partial charge in [0.05, 0.1) is 19.3 Å². The number of aliphatic hydroxyl groups is 3. The first-order valence-electron chi connectivity index (χ1n) is 22.6. The molecule has 0 saturated carbocycles. The number of aromatic nitrogens is 2. The molecule has 8 atom stereocenters. The van der Waals surface area contributed by atoms with Crippen LogP contribution in [0.15, 0.2) is 65.7 Å². The van der Waals surface area contributed by atoms with Crippen molar-refractivity contribution in [2.75, 3.05) is 25.6 Å². The van der Waals surface area contributed by atoms with Gasteiger partial charge in [0, 0.05) is 19.0 Å². The lowest BCUT2D eigenvalue weighted by Gasteiger charge is -2.21. The summed E-state index contributed by atoms with van der Waals surface area (Å²) in [6.45, 7) is 4.05. The highest BCUT2D eigenvalue weighted by atomic mass is 31.3. The number of rotatable bonds is 35. The van der Waals surface area contributed by atoms with Gasteiger partial charge in [-0.05, 0) is 63.4 Å². The number of nitrogen functional groups attached to an aromatic ring is 1. The fraction of sp³-hybridized carbons (Fsp3) is 0.682. The zero-order valence-corrected chi connectivity index (χ0v) is 39.8. The molecule has 2 heterocycles. The van der Waals surface area contributed by atoms with E-state index in [1.165, 1.54) is 12.5 Å². The van der Waals surface area contributed by atoms with Crippen molar-refractivity contribution < 1.29 is 71.4 Å². The summed E-state index contributed by atoms with van der Waals surface area (Å²) >= 11 is 0. The number of nitrogens with two attached hydrogens (primary N) is 1. The Bertz CT molecular complexity index is 1800. The van der Waals surface area contributed by atoms with Crippen LogP contribution in [0.1, 0.15) is 136 Å². The maximum atomic E-state index is 12.8. The Kier molecular flexibility index (Phi) is 28.8. The summed E-state index contributed by atoms with van der Waals surface area (Å²) in [6.07, 6.45) is 21.8. The first-order valence-corrected chi connectivity index (χ1v) is 25.6. The molecule has 7 N–H and O–H groups in total. The van der Waals surface area contributed by atoms with Gasteiger partial charge in [0.25, 0.3) is 0 Å². The van der Waals surface area contributed by atoms with Crippen LogP contribution in [0.4, 0.5) is 5.82 Å². The first kappa shape index (κ1) is 57.8. The lowest BCUT2D eigenvalue weighted by Crippen LogP contribution is -2.36. The molecule has 65 heavy (non-hydrogen) atoms. The molecule has 0 amide bonds. The highest BCUT2D eigenvalue weighted by Crippen LogP contribution is 2.60. The second-order valence-corrected chi connectivity index (χ2v) is 19.3. The summed E-state index contributed by atoms with van der Waals surface area (Å²) in [5.74, 6) is -0.735. The molecule has 2 rings (SSSR count). The number of nitrogens with zero attached hydrogens (tertiary/aromatic N) is 2. The number of carbonyl (C=O) groups is 2. The number of ether oxygens (including phenoxy) is 3. The van der Waals surface area contributed by atoms with Gasteiger partial charge in [-0.1, -0.05) is 114 Å². The summed E-state index contributed by atoms with van der Waals surface area (Å²) in [6, 6.07) is 1.24. The molecule has 0 radical (unpaired) electrons. The van der Waals surface area contributed by atoms with Crippen molar-refractivity contribution in [2.45, 2.75) is 167 Å². The maximum absolute atomic E-state index is 12.8. The van der Waals surface area contributed by atoms with Crippen LogP contribution in [-0.4, -0.2) is 96.9 Å². The van der Waals surface area contributed by atoms with Gasteiger partial charge < -0.3 is 45.1 Å². The third-order valence-corrected chi connectivity index (χ3v) is 12.5. The molecule has 1 saturated heterocycles. The fourth-order valence-corrected chi connectivity index (χ4v) is 8.50. The summed E-state index contributed by atoms with van der Waals surface area (Å²) in [5.41, 5.74) is 4.56. The second-order valence-electron chi connectivity index (χ2n) is 16.2. The van der Waals surface area contributed by atoms with Gasteiger partial charge in [-0.15, -0.1) is 0 Å². The molecule has 1 aliphatic rings. The zero-order chi connectivity index (χ0) is 48.1. The van der Waals surface area contributed by atoms with E-state index in [2.05, 4.69) is 35.3 Å². The molecular weight excluding hydrogens is 888 g/mol. The Morgan fingerprint density at radius 1 is 0.831 bits per heavy atom. The molecule has 19 nitrogen and oxygen atoms in total. The molecule has 0 spiro atoms. The Morgan fingerprint density at radius 2 is 1.43 bits per heavy atom. The molecule has 1 fully saturated rings. The molecule has 1 aliphatic heterocycles. The lowest BCUT2D eigenvalue weighted by atomic mass is 10.0. The summed E-state index contributed by atoms with van der Waals surface area (Å²) < 4.78 is 56.4. The van der Waals surface area contributed by atoms with Crippen molar-refractivity contribution >= 4 is 33.4 Å². The highest BCUT2D eigenvalue weighted by Gasteiger charge is 2.46. The Labute approximate surface area is 382 Å². The van der Waals surface area contributed by atoms with Crippen molar-refractivity contribution in [3.8, 4) is 0 Å². The minimum absolute atomic E-state index is 0.0420. The SMILES string of the molecule is CCCC(O)C/C=C\C/C=C\C/C=C\C/C=C\CCCC(=O)O[C@H](COC(=O)CCCCCCCCC(C)C)COP(=O)(O)OP(=O)(O)OC[C@H]1O[C@@H](n2ccc(N)nc2=O)[C@H](O)[C@@H]1O. The predicted octanol–water partition coefficient (Wildman–Crippen LogP) is 7.04. The van der Waals surface area contributed by atoms with Gasteiger partial charge in [-0.2, -0.15) is 9.29 Å². The number of unbranched alkanes of at least 4 members (excludes halogenated alkanes) is 6. The van der Waals surface area contributed by atoms with E-state index < -0.39 is 83.7 Å². The molecular formula is C44H73N3O16P2. The quantitative estimate of drug-likeness (QED) is 0.0172. The first-order chi connectivity index (χ1) is 30.9. The molecule has 1 aromatic heterocycles. The van der Waals surface area contributed by atoms with Crippen LogP contribution >= 0.6 is 15.6 Å². The van der Waals surface area contributed by atoms with E-state index in [1.807, 2.05) is 43.4 Å². The van der Waals surface area contributed by atoms with Gasteiger partial charge in [-0.3, -0.25) is 23.2 Å². The van der Waals surface area contributed by atoms with E-state index in [1.54, 1.807) is 0 Å². The van der Waals surface area contributed by atoms with Crippen LogP contribution in [0.3, 0.4) is 0 Å². The van der Waals surface area contributed by atoms with Gasteiger partial charge in [0.2, 0.25) is 0 Å². The number of hydrogen-bond donors (Lipinski definition) is 6. The molecule has 0 aromatic carbocycles. The van der Waals surface area contributed by atoms with E-state index in [9.17, 15) is 48.6 Å². The highest BCUT2D eigenvalue weighted by molar-refractivity contribution is 7.61. The van der Waals surface area contributed by atoms with E-state index >= 15 is 0 Å². The Balaban J connectivity index is 1.86. The number of allylic oxidation sites excluding steroid dienone is 7. The molecule has 0 bridgehead atoms. The number of hydrogen-bond acceptors (Lipinski definition) is 16. The Hall–Kier alpha value is -3.32. The molecule has 0 aliphatic carbocycles. The third kappa shape index (κ3) is 26.6. The summed E-state index contributed by atoms with van der Waals surface area (Å²) in [7, 11) is -10.9. The van der Waals surface area contributed by atoms with Crippen molar-refractivity contribution in [3.05, 3.63) is 71.4 Å². The normalized spacial score (nSPS) is 20.8. The molecule has 1 aromatic rings. The number of phosphoric acid groups is 2. The van der Waals surface area contributed by atoms with Crippen LogP contribution in [0.2, 0.25) is 0 Å². The number of esters is 2. The van der Waals surface area contributed by atoms with E-state index in [-0.39, 0.29) is 24.8 Å². The molecule has 3 unspecified atom stereocenters. The number of phosphoric ester groups is 2. The minimum atomic E-state index is -5.44. The molecule has 21 heteroatoms. The maximum Gasteiger partial charge on any atom is 0.481 e.